The second-order valence-electron chi connectivity index (χ2n) is 5.81. The standard InChI is InChI=1S/C20H15N2/c1-2-9-18-15(5-1)6-4-10-19(18)22-13-17-8-3-7-16-11-12-21(14-22)20(16)17/h1-13H,14H2/q+1. The lowest BCUT2D eigenvalue weighted by atomic mass is 10.1. The van der Waals surface area contributed by atoms with Gasteiger partial charge < -0.3 is 0 Å². The molecule has 1 aromatic heterocycles. The van der Waals surface area contributed by atoms with Gasteiger partial charge in [-0.15, -0.1) is 0 Å². The lowest BCUT2D eigenvalue weighted by Gasteiger charge is -2.13. The molecule has 104 valence electrons. The SMILES string of the molecule is C1=[N+](c2cccc3ccccc23)Cn2ccc3cccc1c32. The van der Waals surface area contributed by atoms with Crippen LogP contribution in [0.3, 0.4) is 0 Å². The Morgan fingerprint density at radius 3 is 2.59 bits per heavy atom. The summed E-state index contributed by atoms with van der Waals surface area (Å²) in [5, 5.41) is 3.89. The Morgan fingerprint density at radius 1 is 0.773 bits per heavy atom. The highest BCUT2D eigenvalue weighted by Crippen LogP contribution is 2.29. The highest BCUT2D eigenvalue weighted by atomic mass is 15.2. The minimum Gasteiger partial charge on any atom is -0.291 e. The third kappa shape index (κ3) is 1.58. The van der Waals surface area contributed by atoms with Crippen molar-refractivity contribution < 1.29 is 4.58 Å². The first-order valence-electron chi connectivity index (χ1n) is 7.57. The molecule has 1 aliphatic heterocycles. The van der Waals surface area contributed by atoms with E-state index in [-0.39, 0.29) is 0 Å². The van der Waals surface area contributed by atoms with Crippen molar-refractivity contribution >= 4 is 33.6 Å². The van der Waals surface area contributed by atoms with Crippen molar-refractivity contribution in [1.29, 1.82) is 0 Å². The lowest BCUT2D eigenvalue weighted by molar-refractivity contribution is -0.470. The molecule has 0 amide bonds. The summed E-state index contributed by atoms with van der Waals surface area (Å²) >= 11 is 0. The summed E-state index contributed by atoms with van der Waals surface area (Å²) in [4.78, 5) is 0. The zero-order chi connectivity index (χ0) is 14.5. The Hall–Kier alpha value is -2.87. The first kappa shape index (κ1) is 11.8. The fourth-order valence-electron chi connectivity index (χ4n) is 3.49. The lowest BCUT2D eigenvalue weighted by Crippen LogP contribution is -2.18. The molecule has 0 saturated carbocycles. The molecule has 1 aliphatic rings. The van der Waals surface area contributed by atoms with Gasteiger partial charge in [-0.3, -0.25) is 4.57 Å². The maximum atomic E-state index is 2.34. The van der Waals surface area contributed by atoms with E-state index in [1.165, 1.54) is 32.9 Å². The van der Waals surface area contributed by atoms with E-state index < -0.39 is 0 Å². The molecular formula is C20H15N2+. The van der Waals surface area contributed by atoms with Crippen molar-refractivity contribution in [3.63, 3.8) is 0 Å². The topological polar surface area (TPSA) is 7.94 Å². The van der Waals surface area contributed by atoms with Gasteiger partial charge in [0, 0.05) is 17.6 Å². The van der Waals surface area contributed by atoms with Gasteiger partial charge in [0.2, 0.25) is 12.4 Å². The monoisotopic (exact) mass is 283 g/mol. The molecule has 0 radical (unpaired) electrons. The molecule has 0 aliphatic carbocycles. The van der Waals surface area contributed by atoms with Gasteiger partial charge in [0.15, 0.2) is 6.21 Å². The van der Waals surface area contributed by atoms with Crippen LogP contribution in [0.25, 0.3) is 21.7 Å². The summed E-state index contributed by atoms with van der Waals surface area (Å²) < 4.78 is 4.66. The van der Waals surface area contributed by atoms with Crippen molar-refractivity contribution in [1.82, 2.24) is 4.57 Å². The van der Waals surface area contributed by atoms with Gasteiger partial charge in [0.05, 0.1) is 16.5 Å². The first-order valence-corrected chi connectivity index (χ1v) is 7.57. The summed E-state index contributed by atoms with van der Waals surface area (Å²) in [7, 11) is 0. The molecule has 22 heavy (non-hydrogen) atoms. The third-order valence-electron chi connectivity index (χ3n) is 4.50. The Kier molecular flexibility index (Phi) is 2.30. The molecule has 2 heterocycles. The minimum absolute atomic E-state index is 0.856. The molecule has 0 unspecified atom stereocenters. The summed E-state index contributed by atoms with van der Waals surface area (Å²) in [6, 6.07) is 23.8. The second kappa shape index (κ2) is 4.31. The van der Waals surface area contributed by atoms with E-state index in [1.807, 2.05) is 0 Å². The van der Waals surface area contributed by atoms with Crippen LogP contribution in [0.4, 0.5) is 5.69 Å². The Morgan fingerprint density at radius 2 is 1.59 bits per heavy atom. The fourth-order valence-corrected chi connectivity index (χ4v) is 3.49. The van der Waals surface area contributed by atoms with Crippen molar-refractivity contribution in [2.24, 2.45) is 0 Å². The number of aromatic nitrogens is 1. The highest BCUT2D eigenvalue weighted by molar-refractivity contribution is 5.98. The normalized spacial score (nSPS) is 13.5. The molecule has 4 aromatic rings. The van der Waals surface area contributed by atoms with Crippen LogP contribution in [-0.2, 0) is 6.67 Å². The number of para-hydroxylation sites is 1. The molecule has 0 N–H and O–H groups in total. The minimum atomic E-state index is 0.856. The zero-order valence-corrected chi connectivity index (χ0v) is 12.1. The smallest absolute Gasteiger partial charge is 0.228 e. The molecule has 0 atom stereocenters. The van der Waals surface area contributed by atoms with Crippen LogP contribution in [0.2, 0.25) is 0 Å². The van der Waals surface area contributed by atoms with Crippen molar-refractivity contribution in [3.8, 4) is 0 Å². The summed E-state index contributed by atoms with van der Waals surface area (Å²) in [6.07, 6.45) is 4.45. The average molecular weight is 283 g/mol. The van der Waals surface area contributed by atoms with Crippen molar-refractivity contribution in [2.45, 2.75) is 6.67 Å². The highest BCUT2D eigenvalue weighted by Gasteiger charge is 2.21. The van der Waals surface area contributed by atoms with Gasteiger partial charge in [0.25, 0.3) is 0 Å². The van der Waals surface area contributed by atoms with Crippen LogP contribution >= 0.6 is 0 Å². The average Bonchev–Trinajstić information content (AvgIpc) is 2.99. The first-order chi connectivity index (χ1) is 10.9. The quantitative estimate of drug-likeness (QED) is 0.454. The molecule has 2 heteroatoms. The number of benzene rings is 3. The van der Waals surface area contributed by atoms with Gasteiger partial charge in [-0.2, -0.15) is 4.58 Å². The van der Waals surface area contributed by atoms with Gasteiger partial charge in [-0.1, -0.05) is 42.5 Å². The van der Waals surface area contributed by atoms with Crippen LogP contribution in [-0.4, -0.2) is 15.4 Å². The predicted octanol–water partition coefficient (Wildman–Crippen LogP) is 4.53. The zero-order valence-electron chi connectivity index (χ0n) is 12.1. The maximum absolute atomic E-state index is 2.34. The Labute approximate surface area is 128 Å². The second-order valence-corrected chi connectivity index (χ2v) is 5.81. The number of nitrogens with zero attached hydrogens (tertiary/aromatic N) is 2. The Balaban J connectivity index is 1.78. The van der Waals surface area contributed by atoms with E-state index in [4.69, 9.17) is 0 Å². The Bertz CT molecular complexity index is 1050. The van der Waals surface area contributed by atoms with Crippen LogP contribution in [0, 0.1) is 0 Å². The van der Waals surface area contributed by atoms with Crippen LogP contribution < -0.4 is 0 Å². The maximum Gasteiger partial charge on any atom is 0.228 e. The number of hydrogen-bond donors (Lipinski definition) is 0. The van der Waals surface area contributed by atoms with Crippen molar-refractivity contribution in [2.75, 3.05) is 0 Å². The van der Waals surface area contributed by atoms with Gasteiger partial charge in [-0.05, 0) is 23.6 Å². The molecular weight excluding hydrogens is 268 g/mol. The molecule has 5 rings (SSSR count). The molecule has 0 bridgehead atoms. The molecule has 0 saturated heterocycles. The van der Waals surface area contributed by atoms with E-state index in [1.54, 1.807) is 0 Å². The fraction of sp³-hybridized carbons (Fsp3) is 0.0500. The molecule has 0 fully saturated rings. The van der Waals surface area contributed by atoms with Crippen molar-refractivity contribution in [3.05, 3.63) is 78.5 Å². The van der Waals surface area contributed by atoms with Crippen LogP contribution in [0.15, 0.2) is 72.9 Å². The third-order valence-corrected chi connectivity index (χ3v) is 4.50. The number of fused-ring (bicyclic) bond motifs is 1. The summed E-state index contributed by atoms with van der Waals surface area (Å²) in [5.74, 6) is 0. The van der Waals surface area contributed by atoms with E-state index in [2.05, 4.69) is 88.3 Å². The van der Waals surface area contributed by atoms with Crippen LogP contribution in [0.1, 0.15) is 5.56 Å². The van der Waals surface area contributed by atoms with Gasteiger partial charge in [-0.25, -0.2) is 0 Å². The van der Waals surface area contributed by atoms with E-state index in [0.717, 1.165) is 6.67 Å². The van der Waals surface area contributed by atoms with Crippen LogP contribution in [0.5, 0.6) is 0 Å². The number of hydrogen-bond acceptors (Lipinski definition) is 0. The largest absolute Gasteiger partial charge is 0.291 e. The summed E-state index contributed by atoms with van der Waals surface area (Å²) in [5.41, 5.74) is 3.87. The number of rotatable bonds is 1. The van der Waals surface area contributed by atoms with Gasteiger partial charge in [0.1, 0.15) is 0 Å². The predicted molar refractivity (Wildman–Crippen MR) is 91.0 cm³/mol. The van der Waals surface area contributed by atoms with E-state index in [0.29, 0.717) is 0 Å². The summed E-state index contributed by atoms with van der Waals surface area (Å²) in [6.45, 7) is 0.856. The van der Waals surface area contributed by atoms with E-state index >= 15 is 0 Å². The molecule has 2 nitrogen and oxygen atoms in total. The molecule has 0 spiro atoms. The van der Waals surface area contributed by atoms with Gasteiger partial charge >= 0.3 is 0 Å². The molecule has 3 aromatic carbocycles. The van der Waals surface area contributed by atoms with E-state index in [9.17, 15) is 0 Å².